The van der Waals surface area contributed by atoms with Crippen molar-refractivity contribution in [3.63, 3.8) is 0 Å². The van der Waals surface area contributed by atoms with Gasteiger partial charge in [0, 0.05) is 23.5 Å². The highest BCUT2D eigenvalue weighted by atomic mass is 14.6. The van der Waals surface area contributed by atoms with E-state index in [1.807, 2.05) is 36.4 Å². The first-order chi connectivity index (χ1) is 10.6. The maximum absolute atomic E-state index is 5.97. The van der Waals surface area contributed by atoms with Gasteiger partial charge in [0.1, 0.15) is 0 Å². The number of nitrogen functional groups attached to an aromatic ring is 2. The van der Waals surface area contributed by atoms with E-state index in [4.69, 9.17) is 16.9 Å². The number of fused-ring (bicyclic) bond motifs is 3. The molecule has 0 saturated heterocycles. The fourth-order valence-corrected chi connectivity index (χ4v) is 3.11. The van der Waals surface area contributed by atoms with Gasteiger partial charge in [0.05, 0.1) is 0 Å². The van der Waals surface area contributed by atoms with Crippen molar-refractivity contribution in [3.05, 3.63) is 77.4 Å². The van der Waals surface area contributed by atoms with Gasteiger partial charge in [-0.25, -0.2) is 0 Å². The van der Waals surface area contributed by atoms with Crippen LogP contribution < -0.4 is 16.9 Å². The van der Waals surface area contributed by atoms with Crippen LogP contribution in [0.25, 0.3) is 16.7 Å². The predicted molar refractivity (Wildman–Crippen MR) is 91.9 cm³/mol. The van der Waals surface area contributed by atoms with Gasteiger partial charge in [-0.1, -0.05) is 12.1 Å². The molecule has 106 valence electrons. The molecule has 0 atom stereocenters. The van der Waals surface area contributed by atoms with E-state index in [1.165, 1.54) is 16.7 Å². The molecule has 0 fully saturated rings. The summed E-state index contributed by atoms with van der Waals surface area (Å²) >= 11 is 0. The van der Waals surface area contributed by atoms with E-state index in [-0.39, 0.29) is 0 Å². The van der Waals surface area contributed by atoms with Crippen LogP contribution in [0.4, 0.5) is 11.4 Å². The highest BCUT2D eigenvalue weighted by molar-refractivity contribution is 6.07. The van der Waals surface area contributed by atoms with E-state index < -0.39 is 0 Å². The van der Waals surface area contributed by atoms with Crippen molar-refractivity contribution in [2.24, 2.45) is 0 Å². The van der Waals surface area contributed by atoms with E-state index in [0.29, 0.717) is 0 Å². The molecule has 0 heterocycles. The molecule has 6 N–H and O–H groups in total. The first-order valence-electron chi connectivity index (χ1n) is 7.16. The fraction of sp³-hybridized carbons (Fsp3) is 0. The minimum absolute atomic E-state index is 0.755. The minimum atomic E-state index is 0.755. The lowest BCUT2D eigenvalue weighted by molar-refractivity contribution is -0.110. The molecule has 0 unspecified atom stereocenters. The Morgan fingerprint density at radius 2 is 1.14 bits per heavy atom. The summed E-state index contributed by atoms with van der Waals surface area (Å²) in [5.41, 5.74) is 21.2. The van der Waals surface area contributed by atoms with Crippen molar-refractivity contribution >= 4 is 22.7 Å². The zero-order valence-electron chi connectivity index (χ0n) is 12.0. The average molecular weight is 286 g/mol. The molecular formula is C19H16N3+. The molecule has 0 aromatic heterocycles. The first-order valence-corrected chi connectivity index (χ1v) is 7.16. The SMILES string of the molecule is Nc1ccc2c(c1)-c1cc(N)ccc1C2=C1C=CC(=[NH2+])C=C1. The largest absolute Gasteiger partial charge is 0.399 e. The van der Waals surface area contributed by atoms with Gasteiger partial charge in [0.15, 0.2) is 5.71 Å². The van der Waals surface area contributed by atoms with Gasteiger partial charge < -0.3 is 11.5 Å². The molecule has 3 heteroatoms. The monoisotopic (exact) mass is 286 g/mol. The third-order valence-electron chi connectivity index (χ3n) is 4.12. The maximum atomic E-state index is 5.97. The highest BCUT2D eigenvalue weighted by Crippen LogP contribution is 2.47. The zero-order valence-corrected chi connectivity index (χ0v) is 12.0. The summed E-state index contributed by atoms with van der Waals surface area (Å²) in [6.07, 6.45) is 7.95. The summed E-state index contributed by atoms with van der Waals surface area (Å²) in [6, 6.07) is 12.0. The van der Waals surface area contributed by atoms with E-state index in [9.17, 15) is 0 Å². The summed E-state index contributed by atoms with van der Waals surface area (Å²) in [4.78, 5) is 0. The Bertz CT molecular complexity index is 843. The van der Waals surface area contributed by atoms with Crippen LogP contribution >= 0.6 is 0 Å². The molecule has 0 amide bonds. The first kappa shape index (κ1) is 12.7. The number of hydrogen-bond acceptors (Lipinski definition) is 2. The third-order valence-corrected chi connectivity index (χ3v) is 4.12. The maximum Gasteiger partial charge on any atom is 0.196 e. The molecule has 2 aliphatic rings. The number of benzene rings is 2. The second-order valence-electron chi connectivity index (χ2n) is 5.61. The molecule has 0 aliphatic heterocycles. The van der Waals surface area contributed by atoms with Gasteiger partial charge in [0.2, 0.25) is 0 Å². The van der Waals surface area contributed by atoms with Gasteiger partial charge in [0.25, 0.3) is 0 Å². The Kier molecular flexibility index (Phi) is 2.57. The van der Waals surface area contributed by atoms with Crippen molar-refractivity contribution < 1.29 is 5.41 Å². The Balaban J connectivity index is 2.06. The number of rotatable bonds is 0. The van der Waals surface area contributed by atoms with Crippen LogP contribution in [0, 0.1) is 0 Å². The fourth-order valence-electron chi connectivity index (χ4n) is 3.11. The quantitative estimate of drug-likeness (QED) is 0.552. The molecule has 0 saturated carbocycles. The second-order valence-corrected chi connectivity index (χ2v) is 5.61. The van der Waals surface area contributed by atoms with Crippen molar-refractivity contribution in [2.45, 2.75) is 0 Å². The highest BCUT2D eigenvalue weighted by Gasteiger charge is 2.25. The predicted octanol–water partition coefficient (Wildman–Crippen LogP) is 1.96. The van der Waals surface area contributed by atoms with Gasteiger partial charge >= 0.3 is 0 Å². The number of hydrogen-bond donors (Lipinski definition) is 3. The molecule has 22 heavy (non-hydrogen) atoms. The van der Waals surface area contributed by atoms with E-state index in [2.05, 4.69) is 24.3 Å². The van der Waals surface area contributed by atoms with Crippen LogP contribution in [-0.4, -0.2) is 5.71 Å². The lowest BCUT2D eigenvalue weighted by Crippen LogP contribution is -2.37. The summed E-state index contributed by atoms with van der Waals surface area (Å²) in [6.45, 7) is 0. The van der Waals surface area contributed by atoms with Crippen molar-refractivity contribution in [1.29, 1.82) is 0 Å². The summed E-state index contributed by atoms with van der Waals surface area (Å²) in [7, 11) is 0. The number of anilines is 2. The Labute approximate surface area is 128 Å². The number of allylic oxidation sites excluding steroid dienone is 5. The summed E-state index contributed by atoms with van der Waals surface area (Å²) in [5.74, 6) is 0. The topological polar surface area (TPSA) is 77.6 Å². The van der Waals surface area contributed by atoms with Gasteiger partial charge in [-0.2, -0.15) is 0 Å². The normalized spacial score (nSPS) is 15.2. The van der Waals surface area contributed by atoms with Crippen LogP contribution in [0.15, 0.2) is 66.3 Å². The Morgan fingerprint density at radius 3 is 1.64 bits per heavy atom. The molecule has 0 radical (unpaired) electrons. The molecular weight excluding hydrogens is 270 g/mol. The molecule has 3 nitrogen and oxygen atoms in total. The van der Waals surface area contributed by atoms with Crippen molar-refractivity contribution in [3.8, 4) is 11.1 Å². The Hall–Kier alpha value is -3.07. The zero-order chi connectivity index (χ0) is 15.3. The van der Waals surface area contributed by atoms with E-state index >= 15 is 0 Å². The van der Waals surface area contributed by atoms with Crippen LogP contribution in [0.1, 0.15) is 11.1 Å². The van der Waals surface area contributed by atoms with Crippen LogP contribution in [0.3, 0.4) is 0 Å². The molecule has 2 aromatic rings. The van der Waals surface area contributed by atoms with Crippen molar-refractivity contribution in [2.75, 3.05) is 11.5 Å². The summed E-state index contributed by atoms with van der Waals surface area (Å²) < 4.78 is 0. The van der Waals surface area contributed by atoms with Gasteiger partial charge in [-0.15, -0.1) is 0 Å². The van der Waals surface area contributed by atoms with Crippen LogP contribution in [0.5, 0.6) is 0 Å². The lowest BCUT2D eigenvalue weighted by Gasteiger charge is -2.09. The molecule has 2 aromatic carbocycles. The third kappa shape index (κ3) is 1.79. The standard InChI is InChI=1S/C19H15N3/c20-12-3-1-11(2-4-12)19-15-7-5-13(21)9-17(15)18-10-14(22)6-8-16(18)19/h1-10,20H,21-22H2/p+1. The Morgan fingerprint density at radius 1 is 0.636 bits per heavy atom. The second kappa shape index (κ2) is 4.46. The molecule has 0 spiro atoms. The van der Waals surface area contributed by atoms with Crippen LogP contribution in [-0.2, 0) is 0 Å². The number of nitrogens with two attached hydrogens (primary N) is 3. The molecule has 4 rings (SSSR count). The van der Waals surface area contributed by atoms with Gasteiger partial charge in [-0.05, 0) is 69.8 Å². The smallest absolute Gasteiger partial charge is 0.196 e. The molecule has 2 aliphatic carbocycles. The van der Waals surface area contributed by atoms with Gasteiger partial charge in [-0.3, -0.25) is 5.41 Å². The summed E-state index contributed by atoms with van der Waals surface area (Å²) in [5, 5.41) is 5.81. The minimum Gasteiger partial charge on any atom is -0.399 e. The van der Waals surface area contributed by atoms with Crippen LogP contribution in [0.2, 0.25) is 0 Å². The molecule has 0 bridgehead atoms. The van der Waals surface area contributed by atoms with E-state index in [1.54, 1.807) is 0 Å². The average Bonchev–Trinajstić information content (AvgIpc) is 2.81. The lowest BCUT2D eigenvalue weighted by atomic mass is 9.95. The van der Waals surface area contributed by atoms with E-state index in [0.717, 1.165) is 33.8 Å². The van der Waals surface area contributed by atoms with Crippen molar-refractivity contribution in [1.82, 2.24) is 0 Å².